The van der Waals surface area contributed by atoms with Gasteiger partial charge in [-0.15, -0.1) is 22.7 Å². The second-order valence-electron chi connectivity index (χ2n) is 13.1. The van der Waals surface area contributed by atoms with E-state index in [0.717, 1.165) is 57.6 Å². The van der Waals surface area contributed by atoms with Gasteiger partial charge in [-0.25, -0.2) is 0 Å². The number of Topliss-reactive ketones (excluding diaryl/α,β-unsaturated/α-hetero) is 1. The molecule has 10 heteroatoms. The molecule has 2 atom stereocenters. The van der Waals surface area contributed by atoms with Crippen LogP contribution in [0.1, 0.15) is 73.0 Å². The molecule has 2 unspecified atom stereocenters. The Morgan fingerprint density at radius 2 is 1.60 bits per heavy atom. The first-order valence-electron chi connectivity index (χ1n) is 14.4. The van der Waals surface area contributed by atoms with Gasteiger partial charge < -0.3 is 0 Å². The molecule has 5 nitrogen and oxygen atoms in total. The summed E-state index contributed by atoms with van der Waals surface area (Å²) in [7, 11) is -3.09. The molecule has 1 aliphatic heterocycles. The summed E-state index contributed by atoms with van der Waals surface area (Å²) in [6.45, 7) is 18.4. The fourth-order valence-corrected chi connectivity index (χ4v) is 12.1. The van der Waals surface area contributed by atoms with E-state index in [9.17, 15) is 9.70 Å². The minimum Gasteiger partial charge on any atom is -0.293 e. The van der Waals surface area contributed by atoms with Crippen LogP contribution in [0, 0.1) is 10.8 Å². The van der Waals surface area contributed by atoms with Crippen LogP contribution >= 0.6 is 34.4 Å². The Hall–Kier alpha value is -1.86. The Morgan fingerprint density at radius 3 is 2.20 bits per heavy atom. The number of ketones is 1. The number of fused-ring (bicyclic) bond motifs is 3. The number of carbonyl (C=O) groups is 1. The molecule has 5 rings (SSSR count). The van der Waals surface area contributed by atoms with Gasteiger partial charge in [0.15, 0.2) is 5.78 Å². The summed E-state index contributed by atoms with van der Waals surface area (Å²) >= 11 is 4.59. The third-order valence-electron chi connectivity index (χ3n) is 8.01. The summed E-state index contributed by atoms with van der Waals surface area (Å²) in [6, 6.07) is 8.56. The van der Waals surface area contributed by atoms with Crippen LogP contribution in [0.25, 0.3) is 11.3 Å². The third kappa shape index (κ3) is 5.26. The molecule has 3 aromatic heterocycles. The van der Waals surface area contributed by atoms with E-state index >= 15 is 0 Å². The molecular formula is C30H40N3O2S3Si2+. The molecule has 4 heterocycles. The van der Waals surface area contributed by atoms with E-state index in [4.69, 9.17) is 8.75 Å². The molecule has 1 aliphatic carbocycles. The predicted molar refractivity (Wildman–Crippen MR) is 177 cm³/mol. The number of allylic oxidation sites excluding steroid dienone is 3. The van der Waals surface area contributed by atoms with E-state index in [1.165, 1.54) is 9.00 Å². The first kappa shape index (κ1) is 29.6. The molecule has 3 aromatic rings. The van der Waals surface area contributed by atoms with Gasteiger partial charge in [0.25, 0.3) is 11.4 Å². The van der Waals surface area contributed by atoms with E-state index in [1.807, 2.05) is 0 Å². The normalized spacial score (nSPS) is 18.6. The van der Waals surface area contributed by atoms with Gasteiger partial charge in [-0.05, 0) is 33.5 Å². The summed E-state index contributed by atoms with van der Waals surface area (Å²) in [5.41, 5.74) is 3.97. The fourth-order valence-electron chi connectivity index (χ4n) is 5.59. The van der Waals surface area contributed by atoms with Gasteiger partial charge in [-0.3, -0.25) is 4.79 Å². The van der Waals surface area contributed by atoms with Crippen LogP contribution in [0.2, 0.25) is 39.3 Å². The lowest BCUT2D eigenvalue weighted by molar-refractivity contribution is -0.398. The third-order valence-corrected chi connectivity index (χ3v) is 18.0. The van der Waals surface area contributed by atoms with Crippen molar-refractivity contribution in [3.8, 4) is 0 Å². The van der Waals surface area contributed by atoms with E-state index < -0.39 is 22.1 Å². The van der Waals surface area contributed by atoms with Crippen molar-refractivity contribution >= 4 is 76.6 Å². The van der Waals surface area contributed by atoms with Gasteiger partial charge in [0, 0.05) is 16.2 Å². The predicted octanol–water partition coefficient (Wildman–Crippen LogP) is 7.99. The van der Waals surface area contributed by atoms with E-state index in [1.54, 1.807) is 22.7 Å². The second kappa shape index (κ2) is 11.1. The van der Waals surface area contributed by atoms with Crippen molar-refractivity contribution < 1.29 is 9.55 Å². The number of hydrogen-bond donors (Lipinski definition) is 0. The van der Waals surface area contributed by atoms with Crippen molar-refractivity contribution in [3.63, 3.8) is 0 Å². The summed E-state index contributed by atoms with van der Waals surface area (Å²) < 4.78 is 13.3. The maximum Gasteiger partial charge on any atom is 0.290 e. The Balaban J connectivity index is 1.71. The monoisotopic (exact) mass is 626 g/mol. The zero-order chi connectivity index (χ0) is 29.0. The molecule has 40 heavy (non-hydrogen) atoms. The lowest BCUT2D eigenvalue weighted by Gasteiger charge is -2.21. The quantitative estimate of drug-likeness (QED) is 0.169. The SMILES string of the molecule is CCCCC(CC)CC1=C2C(=O)C(c3ccc([Si](C)(C)C)s3)c3nsnc3C2=C(c2ccc([Si](C)(C)C)s2)[N+]1=O. The number of nitroso groups, excluding NO2 is 1. The molecule has 0 saturated carbocycles. The van der Waals surface area contributed by atoms with Crippen LogP contribution in [0.4, 0.5) is 0 Å². The number of hydrogen-bond acceptors (Lipinski definition) is 7. The number of aromatic nitrogens is 2. The number of thiophene rings is 2. The minimum absolute atomic E-state index is 0.0114. The van der Waals surface area contributed by atoms with Crippen molar-refractivity contribution in [2.24, 2.45) is 5.92 Å². The summed E-state index contributed by atoms with van der Waals surface area (Å²) in [6.07, 6.45) is 4.92. The first-order chi connectivity index (χ1) is 18.9. The number of carbonyl (C=O) groups excluding carboxylic acids is 1. The molecule has 0 bridgehead atoms. The number of nitrogens with zero attached hydrogens (tertiary/aromatic N) is 3. The zero-order valence-corrected chi connectivity index (χ0v) is 29.3. The smallest absolute Gasteiger partial charge is 0.290 e. The molecule has 0 amide bonds. The number of unbranched alkanes of at least 4 members (excludes halogenated alkanes) is 1. The zero-order valence-electron chi connectivity index (χ0n) is 24.9. The first-order valence-corrected chi connectivity index (χ1v) is 23.8. The summed E-state index contributed by atoms with van der Waals surface area (Å²) in [5, 5.41) is 0. The van der Waals surface area contributed by atoms with Crippen LogP contribution < -0.4 is 9.00 Å². The van der Waals surface area contributed by atoms with Gasteiger partial charge in [-0.2, -0.15) is 8.75 Å². The van der Waals surface area contributed by atoms with Crippen molar-refractivity contribution in [1.82, 2.24) is 8.75 Å². The Bertz CT molecular complexity index is 1530. The standard InChI is InChI=1S/C30H40N3O2S3Si2/c1-9-11-12-18(10-2)17-19-24-26(29(33(19)35)21-14-16-23(37-21)40(6,7)8)28-27(31-38-32-28)25(30(24)34)20-13-15-22(36-20)39(3,4)5/h13-16,18,25H,9-12,17H2,1-8H3/q+1. The molecule has 0 fully saturated rings. The van der Waals surface area contributed by atoms with Crippen molar-refractivity contribution in [2.75, 3.05) is 0 Å². The Kier molecular flexibility index (Phi) is 8.22. The Labute approximate surface area is 252 Å². The average molecular weight is 627 g/mol. The number of rotatable bonds is 10. The minimum atomic E-state index is -1.56. The highest BCUT2D eigenvalue weighted by molar-refractivity contribution is 7.27. The molecule has 0 saturated heterocycles. The van der Waals surface area contributed by atoms with Crippen LogP contribution in [0.15, 0.2) is 35.5 Å². The highest BCUT2D eigenvalue weighted by atomic mass is 32.1. The van der Waals surface area contributed by atoms with E-state index in [2.05, 4.69) is 77.4 Å². The van der Waals surface area contributed by atoms with Gasteiger partial charge in [0.2, 0.25) is 0 Å². The average Bonchev–Trinajstić information content (AvgIpc) is 3.67. The van der Waals surface area contributed by atoms with Gasteiger partial charge in [0.1, 0.15) is 22.1 Å². The lowest BCUT2D eigenvalue weighted by atomic mass is 9.79. The van der Waals surface area contributed by atoms with Crippen LogP contribution in [-0.2, 0) is 4.79 Å². The van der Waals surface area contributed by atoms with E-state index in [-0.39, 0.29) is 5.78 Å². The molecule has 0 N–H and O–H groups in total. The van der Waals surface area contributed by atoms with Crippen molar-refractivity contribution in [1.29, 1.82) is 0 Å². The largest absolute Gasteiger partial charge is 0.293 e. The fraction of sp³-hybridized carbons (Fsp3) is 0.500. The molecule has 212 valence electrons. The highest BCUT2D eigenvalue weighted by Crippen LogP contribution is 2.52. The lowest BCUT2D eigenvalue weighted by Crippen LogP contribution is -2.34. The molecule has 0 radical (unpaired) electrons. The summed E-state index contributed by atoms with van der Waals surface area (Å²) in [4.78, 5) is 30.9. The van der Waals surface area contributed by atoms with E-state index in [0.29, 0.717) is 40.6 Å². The molecule has 0 aromatic carbocycles. The van der Waals surface area contributed by atoms with Crippen LogP contribution in [0.3, 0.4) is 0 Å². The topological polar surface area (TPSA) is 62.9 Å². The molecular weight excluding hydrogens is 587 g/mol. The van der Waals surface area contributed by atoms with Crippen LogP contribution in [-0.4, -0.2) is 35.4 Å². The highest BCUT2D eigenvalue weighted by Gasteiger charge is 2.53. The maximum atomic E-state index is 14.6. The summed E-state index contributed by atoms with van der Waals surface area (Å²) in [5.74, 6) is -0.124. The van der Waals surface area contributed by atoms with Crippen molar-refractivity contribution in [3.05, 3.63) is 61.6 Å². The second-order valence-corrected chi connectivity index (χ2v) is 26.7. The molecule has 2 aliphatic rings. The van der Waals surface area contributed by atoms with Gasteiger partial charge in [-0.1, -0.05) is 84.5 Å². The van der Waals surface area contributed by atoms with Crippen molar-refractivity contribution in [2.45, 2.75) is 91.2 Å². The molecule has 0 spiro atoms. The van der Waals surface area contributed by atoms with Gasteiger partial charge in [0.05, 0.1) is 43.9 Å². The van der Waals surface area contributed by atoms with Gasteiger partial charge >= 0.3 is 0 Å². The Morgan fingerprint density at radius 1 is 0.925 bits per heavy atom. The maximum absolute atomic E-state index is 14.6. The van der Waals surface area contributed by atoms with Crippen LogP contribution in [0.5, 0.6) is 0 Å².